The van der Waals surface area contributed by atoms with Gasteiger partial charge in [-0.25, -0.2) is 9.59 Å². The zero-order chi connectivity index (χ0) is 14.3. The van der Waals surface area contributed by atoms with Crippen molar-refractivity contribution in [3.05, 3.63) is 0 Å². The second kappa shape index (κ2) is 4.96. The number of amides is 3. The van der Waals surface area contributed by atoms with E-state index in [1.807, 2.05) is 4.90 Å². The summed E-state index contributed by atoms with van der Waals surface area (Å²) in [4.78, 5) is 40.3. The number of piperazine rings is 1. The summed E-state index contributed by atoms with van der Waals surface area (Å²) in [7, 11) is 0. The standard InChI is InChI=1S/C13H19N3O4/c17-11-4-3-9-8-14(6-7-15(9)11)13(20)16-5-1-2-10(16)12(18)19/h9-10H,1-8H2,(H,18,19). The van der Waals surface area contributed by atoms with Crippen molar-refractivity contribution in [1.29, 1.82) is 0 Å². The quantitative estimate of drug-likeness (QED) is 0.731. The minimum Gasteiger partial charge on any atom is -0.480 e. The second-order valence-corrected chi connectivity index (χ2v) is 5.70. The highest BCUT2D eigenvalue weighted by Crippen LogP contribution is 2.25. The van der Waals surface area contributed by atoms with E-state index in [-0.39, 0.29) is 18.0 Å². The van der Waals surface area contributed by atoms with Crippen LogP contribution in [0.1, 0.15) is 25.7 Å². The van der Waals surface area contributed by atoms with E-state index in [4.69, 9.17) is 5.11 Å². The normalized spacial score (nSPS) is 29.8. The summed E-state index contributed by atoms with van der Waals surface area (Å²) >= 11 is 0. The molecule has 7 nitrogen and oxygen atoms in total. The Morgan fingerprint density at radius 3 is 2.70 bits per heavy atom. The first-order valence-electron chi connectivity index (χ1n) is 7.16. The summed E-state index contributed by atoms with van der Waals surface area (Å²) in [6.07, 6.45) is 2.63. The molecule has 0 aromatic carbocycles. The highest BCUT2D eigenvalue weighted by atomic mass is 16.4. The number of nitrogens with zero attached hydrogens (tertiary/aromatic N) is 3. The first-order chi connectivity index (χ1) is 9.58. The van der Waals surface area contributed by atoms with Gasteiger partial charge in [0.25, 0.3) is 0 Å². The van der Waals surface area contributed by atoms with Crippen LogP contribution >= 0.6 is 0 Å². The molecule has 0 aromatic heterocycles. The van der Waals surface area contributed by atoms with E-state index in [0.717, 1.165) is 12.8 Å². The number of carbonyl (C=O) groups is 3. The number of hydrogen-bond acceptors (Lipinski definition) is 3. The smallest absolute Gasteiger partial charge is 0.326 e. The van der Waals surface area contributed by atoms with E-state index < -0.39 is 12.0 Å². The van der Waals surface area contributed by atoms with Gasteiger partial charge in [-0.1, -0.05) is 0 Å². The Hall–Kier alpha value is -1.79. The van der Waals surface area contributed by atoms with Crippen molar-refractivity contribution in [2.24, 2.45) is 0 Å². The summed E-state index contributed by atoms with van der Waals surface area (Å²) in [5.74, 6) is -0.753. The fourth-order valence-electron chi connectivity index (χ4n) is 3.47. The topological polar surface area (TPSA) is 81.2 Å². The van der Waals surface area contributed by atoms with Gasteiger partial charge in [0.1, 0.15) is 6.04 Å². The molecule has 110 valence electrons. The fourth-order valence-corrected chi connectivity index (χ4v) is 3.47. The van der Waals surface area contributed by atoms with Crippen molar-refractivity contribution in [3.8, 4) is 0 Å². The molecule has 0 aliphatic carbocycles. The predicted octanol–water partition coefficient (Wildman–Crippen LogP) is -0.0380. The molecule has 3 amide bonds. The molecule has 3 saturated heterocycles. The van der Waals surface area contributed by atoms with Crippen LogP contribution in [0, 0.1) is 0 Å². The molecule has 2 atom stereocenters. The second-order valence-electron chi connectivity index (χ2n) is 5.70. The van der Waals surface area contributed by atoms with Gasteiger partial charge in [-0.2, -0.15) is 0 Å². The third-order valence-electron chi connectivity index (χ3n) is 4.55. The van der Waals surface area contributed by atoms with Crippen LogP contribution < -0.4 is 0 Å². The number of carboxylic acids is 1. The van der Waals surface area contributed by atoms with Gasteiger partial charge in [0, 0.05) is 38.6 Å². The molecule has 0 bridgehead atoms. The summed E-state index contributed by atoms with van der Waals surface area (Å²) in [6, 6.07) is -0.759. The number of fused-ring (bicyclic) bond motifs is 1. The molecule has 3 fully saturated rings. The molecule has 3 aliphatic rings. The molecule has 7 heteroatoms. The van der Waals surface area contributed by atoms with Gasteiger partial charge < -0.3 is 19.8 Å². The Morgan fingerprint density at radius 1 is 1.15 bits per heavy atom. The van der Waals surface area contributed by atoms with Gasteiger partial charge in [0.05, 0.1) is 0 Å². The Morgan fingerprint density at radius 2 is 1.95 bits per heavy atom. The van der Waals surface area contributed by atoms with E-state index in [1.54, 1.807) is 4.90 Å². The number of likely N-dealkylation sites (tertiary alicyclic amines) is 1. The third-order valence-corrected chi connectivity index (χ3v) is 4.55. The largest absolute Gasteiger partial charge is 0.480 e. The van der Waals surface area contributed by atoms with Gasteiger partial charge >= 0.3 is 12.0 Å². The molecular formula is C13H19N3O4. The molecule has 20 heavy (non-hydrogen) atoms. The highest BCUT2D eigenvalue weighted by molar-refractivity contribution is 5.84. The van der Waals surface area contributed by atoms with Crippen molar-refractivity contribution in [2.75, 3.05) is 26.2 Å². The minimum atomic E-state index is -0.925. The maximum atomic E-state index is 12.5. The Balaban J connectivity index is 1.66. The molecular weight excluding hydrogens is 262 g/mol. The van der Waals surface area contributed by atoms with Crippen molar-refractivity contribution >= 4 is 17.9 Å². The highest BCUT2D eigenvalue weighted by Gasteiger charge is 2.41. The first-order valence-corrected chi connectivity index (χ1v) is 7.16. The molecule has 2 unspecified atom stereocenters. The van der Waals surface area contributed by atoms with Crippen LogP contribution in [-0.4, -0.2) is 76.0 Å². The number of rotatable bonds is 1. The number of urea groups is 1. The van der Waals surface area contributed by atoms with Crippen LogP contribution in [0.4, 0.5) is 4.79 Å². The van der Waals surface area contributed by atoms with Crippen LogP contribution in [0.25, 0.3) is 0 Å². The van der Waals surface area contributed by atoms with Crippen LogP contribution in [0.15, 0.2) is 0 Å². The lowest BCUT2D eigenvalue weighted by Gasteiger charge is -2.39. The molecule has 1 N–H and O–H groups in total. The maximum absolute atomic E-state index is 12.5. The number of hydrogen-bond donors (Lipinski definition) is 1. The number of carboxylic acid groups (broad SMARTS) is 1. The molecule has 3 aliphatic heterocycles. The number of carbonyl (C=O) groups excluding carboxylic acids is 2. The van der Waals surface area contributed by atoms with Crippen molar-refractivity contribution in [2.45, 2.75) is 37.8 Å². The van der Waals surface area contributed by atoms with Gasteiger partial charge in [-0.3, -0.25) is 4.79 Å². The lowest BCUT2D eigenvalue weighted by molar-refractivity contribution is -0.141. The Bertz CT molecular complexity index is 453. The minimum absolute atomic E-state index is 0.117. The lowest BCUT2D eigenvalue weighted by atomic mass is 10.1. The molecule has 3 heterocycles. The summed E-state index contributed by atoms with van der Waals surface area (Å²) < 4.78 is 0. The van der Waals surface area contributed by atoms with E-state index in [1.165, 1.54) is 4.90 Å². The molecule has 0 spiro atoms. The van der Waals surface area contributed by atoms with E-state index in [2.05, 4.69) is 0 Å². The zero-order valence-electron chi connectivity index (χ0n) is 11.3. The summed E-state index contributed by atoms with van der Waals surface area (Å²) in [5.41, 5.74) is 0. The Kier molecular flexibility index (Phi) is 3.27. The lowest BCUT2D eigenvalue weighted by Crippen LogP contribution is -2.57. The van der Waals surface area contributed by atoms with Gasteiger partial charge in [-0.15, -0.1) is 0 Å². The molecule has 0 radical (unpaired) electrons. The fraction of sp³-hybridized carbons (Fsp3) is 0.769. The molecule has 0 saturated carbocycles. The SMILES string of the molecule is O=C(O)C1CCCN1C(=O)N1CCN2C(=O)CCC2C1. The summed E-state index contributed by atoms with van der Waals surface area (Å²) in [6.45, 7) is 2.12. The van der Waals surface area contributed by atoms with Gasteiger partial charge in [0.15, 0.2) is 0 Å². The van der Waals surface area contributed by atoms with Crippen molar-refractivity contribution < 1.29 is 19.5 Å². The van der Waals surface area contributed by atoms with Crippen LogP contribution in [0.2, 0.25) is 0 Å². The monoisotopic (exact) mass is 281 g/mol. The molecule has 0 aromatic rings. The Labute approximate surface area is 117 Å². The maximum Gasteiger partial charge on any atom is 0.326 e. The van der Waals surface area contributed by atoms with E-state index in [9.17, 15) is 14.4 Å². The first kappa shape index (κ1) is 13.2. The van der Waals surface area contributed by atoms with Crippen molar-refractivity contribution in [1.82, 2.24) is 14.7 Å². The van der Waals surface area contributed by atoms with Crippen LogP contribution in [0.5, 0.6) is 0 Å². The average molecular weight is 281 g/mol. The van der Waals surface area contributed by atoms with Gasteiger partial charge in [0.2, 0.25) is 5.91 Å². The summed E-state index contributed by atoms with van der Waals surface area (Å²) in [5, 5.41) is 9.15. The van der Waals surface area contributed by atoms with Crippen LogP contribution in [-0.2, 0) is 9.59 Å². The molecule has 3 rings (SSSR count). The third kappa shape index (κ3) is 2.10. The van der Waals surface area contributed by atoms with E-state index >= 15 is 0 Å². The van der Waals surface area contributed by atoms with Crippen molar-refractivity contribution in [3.63, 3.8) is 0 Å². The van der Waals surface area contributed by atoms with E-state index in [0.29, 0.717) is 39.0 Å². The zero-order valence-corrected chi connectivity index (χ0v) is 11.3. The average Bonchev–Trinajstić information content (AvgIpc) is 3.05. The van der Waals surface area contributed by atoms with Gasteiger partial charge in [-0.05, 0) is 19.3 Å². The van der Waals surface area contributed by atoms with Crippen LogP contribution in [0.3, 0.4) is 0 Å². The number of aliphatic carboxylic acids is 1. The predicted molar refractivity (Wildman–Crippen MR) is 69.1 cm³/mol.